The zero-order chi connectivity index (χ0) is 19.4. The number of nitriles is 1. The molecule has 3 saturated carbocycles. The number of H-pyrrole nitrogens is 1. The Hall–Kier alpha value is -2.29. The van der Waals surface area contributed by atoms with E-state index < -0.39 is 0 Å². The normalized spacial score (nSPS) is 27.4. The van der Waals surface area contributed by atoms with E-state index in [4.69, 9.17) is 5.26 Å². The van der Waals surface area contributed by atoms with Crippen molar-refractivity contribution in [1.82, 2.24) is 15.2 Å². The number of piperidine rings is 1. The number of aromatic nitrogens is 1. The number of carbonyl (C=O) groups is 2. The highest BCUT2D eigenvalue weighted by atomic mass is 16.2. The molecule has 6 heteroatoms. The molecule has 1 aromatic heterocycles. The average molecular weight is 380 g/mol. The maximum Gasteiger partial charge on any atom is 0.270 e. The molecular formula is C22H28N4O2. The van der Waals surface area contributed by atoms with Crippen LogP contribution in [0.4, 0.5) is 0 Å². The highest BCUT2D eigenvalue weighted by Gasteiger charge is 2.57. The highest BCUT2D eigenvalue weighted by molar-refractivity contribution is 5.92. The predicted molar refractivity (Wildman–Crippen MR) is 103 cm³/mol. The van der Waals surface area contributed by atoms with Gasteiger partial charge >= 0.3 is 0 Å². The van der Waals surface area contributed by atoms with E-state index in [0.717, 1.165) is 45.2 Å². The summed E-state index contributed by atoms with van der Waals surface area (Å²) in [4.78, 5) is 30.4. The topological polar surface area (TPSA) is 89.0 Å². The van der Waals surface area contributed by atoms with E-state index in [0.29, 0.717) is 28.6 Å². The number of aromatic amines is 1. The van der Waals surface area contributed by atoms with Gasteiger partial charge in [-0.2, -0.15) is 5.26 Å². The highest BCUT2D eigenvalue weighted by Crippen LogP contribution is 2.61. The van der Waals surface area contributed by atoms with Crippen LogP contribution in [0.2, 0.25) is 0 Å². The lowest BCUT2D eigenvalue weighted by Crippen LogP contribution is -2.50. The summed E-state index contributed by atoms with van der Waals surface area (Å²) in [6.07, 6.45) is 10.0. The summed E-state index contributed by atoms with van der Waals surface area (Å²) in [5.41, 5.74) is 1.25. The van der Waals surface area contributed by atoms with Gasteiger partial charge in [0.25, 0.3) is 5.91 Å². The van der Waals surface area contributed by atoms with Crippen molar-refractivity contribution in [3.63, 3.8) is 0 Å². The molecule has 1 atom stereocenters. The third kappa shape index (κ3) is 2.92. The van der Waals surface area contributed by atoms with Crippen LogP contribution in [0, 0.1) is 28.6 Å². The first kappa shape index (κ1) is 17.8. The minimum Gasteiger partial charge on any atom is -0.350 e. The average Bonchev–Trinajstić information content (AvgIpc) is 3.55. The molecule has 1 spiro atoms. The van der Waals surface area contributed by atoms with Crippen molar-refractivity contribution in [3.05, 3.63) is 23.5 Å². The minimum atomic E-state index is -0.0320. The zero-order valence-corrected chi connectivity index (χ0v) is 16.3. The molecule has 0 aromatic carbocycles. The van der Waals surface area contributed by atoms with Crippen molar-refractivity contribution in [1.29, 1.82) is 5.26 Å². The maximum atomic E-state index is 13.0. The van der Waals surface area contributed by atoms with Gasteiger partial charge in [0.1, 0.15) is 17.5 Å². The van der Waals surface area contributed by atoms with E-state index in [1.54, 1.807) is 12.1 Å². The lowest BCUT2D eigenvalue weighted by Gasteiger charge is -2.37. The molecule has 3 aliphatic carbocycles. The van der Waals surface area contributed by atoms with Crippen LogP contribution in [-0.4, -0.2) is 40.3 Å². The Morgan fingerprint density at radius 2 is 1.86 bits per heavy atom. The molecule has 4 aliphatic rings. The summed E-state index contributed by atoms with van der Waals surface area (Å²) < 4.78 is 0. The van der Waals surface area contributed by atoms with Crippen molar-refractivity contribution in [2.45, 2.75) is 63.3 Å². The van der Waals surface area contributed by atoms with E-state index >= 15 is 0 Å². The molecule has 2 amide bonds. The number of hydrogen-bond acceptors (Lipinski definition) is 3. The van der Waals surface area contributed by atoms with Crippen molar-refractivity contribution >= 4 is 11.8 Å². The molecule has 4 fully saturated rings. The fourth-order valence-corrected chi connectivity index (χ4v) is 5.80. The first-order chi connectivity index (χ1) is 13.6. The van der Waals surface area contributed by atoms with Crippen LogP contribution in [0.3, 0.4) is 0 Å². The third-order valence-electron chi connectivity index (χ3n) is 7.88. The molecule has 2 heterocycles. The van der Waals surface area contributed by atoms with Gasteiger partial charge in [0.05, 0.1) is 0 Å². The molecule has 6 nitrogen and oxygen atoms in total. The molecule has 2 N–H and O–H groups in total. The van der Waals surface area contributed by atoms with Crippen LogP contribution in [0.15, 0.2) is 12.1 Å². The second-order valence-electron chi connectivity index (χ2n) is 9.42. The molecular weight excluding hydrogens is 352 g/mol. The van der Waals surface area contributed by atoms with Crippen molar-refractivity contribution in [2.75, 3.05) is 13.1 Å². The molecule has 28 heavy (non-hydrogen) atoms. The number of nitrogens with zero attached hydrogens (tertiary/aromatic N) is 2. The van der Waals surface area contributed by atoms with Gasteiger partial charge in [-0.15, -0.1) is 0 Å². The lowest BCUT2D eigenvalue weighted by molar-refractivity contribution is -0.128. The Bertz CT molecular complexity index is 835. The Morgan fingerprint density at radius 3 is 2.46 bits per heavy atom. The SMILES string of the molecule is N#Cc1ccc(C(=O)N2CCC(C3(NC(=O)C4CCCC45CC5)CC3)CC2)[nH]1. The van der Waals surface area contributed by atoms with Gasteiger partial charge in [-0.3, -0.25) is 9.59 Å². The van der Waals surface area contributed by atoms with Gasteiger partial charge in [-0.1, -0.05) is 6.42 Å². The molecule has 1 aliphatic heterocycles. The number of nitrogens with one attached hydrogen (secondary N) is 2. The van der Waals surface area contributed by atoms with E-state index in [1.165, 1.54) is 25.7 Å². The standard InChI is InChI=1S/C22H28N4O2/c23-14-16-3-4-18(24-16)20(28)26-12-5-15(6-13-26)22(10-11-22)25-19(27)17-2-1-7-21(17)8-9-21/h3-4,15,17,24H,1-2,5-13H2,(H,25,27). The van der Waals surface area contributed by atoms with E-state index in [1.807, 2.05) is 11.0 Å². The van der Waals surface area contributed by atoms with Gasteiger partial charge in [-0.25, -0.2) is 0 Å². The molecule has 0 bridgehead atoms. The lowest BCUT2D eigenvalue weighted by atomic mass is 9.85. The second-order valence-corrected chi connectivity index (χ2v) is 9.42. The van der Waals surface area contributed by atoms with Gasteiger partial charge in [0.2, 0.25) is 5.91 Å². The Labute approximate surface area is 165 Å². The molecule has 5 rings (SSSR count). The van der Waals surface area contributed by atoms with E-state index in [2.05, 4.69) is 10.3 Å². The van der Waals surface area contributed by atoms with Crippen LogP contribution < -0.4 is 5.32 Å². The predicted octanol–water partition coefficient (Wildman–Crippen LogP) is 2.97. The summed E-state index contributed by atoms with van der Waals surface area (Å²) in [5, 5.41) is 12.4. The van der Waals surface area contributed by atoms with Crippen molar-refractivity contribution < 1.29 is 9.59 Å². The quantitative estimate of drug-likeness (QED) is 0.842. The summed E-state index contributed by atoms with van der Waals surface area (Å²) >= 11 is 0. The minimum absolute atomic E-state index is 0.00863. The number of likely N-dealkylation sites (tertiary alicyclic amines) is 1. The van der Waals surface area contributed by atoms with Gasteiger partial charge in [0.15, 0.2) is 0 Å². The Balaban J connectivity index is 1.18. The van der Waals surface area contributed by atoms with Gasteiger partial charge in [0, 0.05) is 24.5 Å². The number of amides is 2. The number of rotatable bonds is 4. The molecule has 148 valence electrons. The zero-order valence-electron chi connectivity index (χ0n) is 16.3. The number of hydrogen-bond donors (Lipinski definition) is 2. The molecule has 1 aromatic rings. The molecule has 1 saturated heterocycles. The van der Waals surface area contributed by atoms with Crippen molar-refractivity contribution in [3.8, 4) is 6.07 Å². The van der Waals surface area contributed by atoms with Crippen LogP contribution in [0.25, 0.3) is 0 Å². The summed E-state index contributed by atoms with van der Waals surface area (Å²) in [6, 6.07) is 5.35. The summed E-state index contributed by atoms with van der Waals surface area (Å²) in [5.74, 6) is 0.987. The first-order valence-electron chi connectivity index (χ1n) is 10.8. The maximum absolute atomic E-state index is 13.0. The smallest absolute Gasteiger partial charge is 0.270 e. The fraction of sp³-hybridized carbons (Fsp3) is 0.682. The van der Waals surface area contributed by atoms with Crippen LogP contribution in [0.5, 0.6) is 0 Å². The van der Waals surface area contributed by atoms with Crippen LogP contribution in [0.1, 0.15) is 74.0 Å². The third-order valence-corrected chi connectivity index (χ3v) is 7.88. The Morgan fingerprint density at radius 1 is 1.11 bits per heavy atom. The Kier molecular flexibility index (Phi) is 4.04. The summed E-state index contributed by atoms with van der Waals surface area (Å²) in [6.45, 7) is 1.44. The molecule has 0 radical (unpaired) electrons. The second kappa shape index (κ2) is 6.37. The summed E-state index contributed by atoms with van der Waals surface area (Å²) in [7, 11) is 0. The monoisotopic (exact) mass is 380 g/mol. The largest absolute Gasteiger partial charge is 0.350 e. The van der Waals surface area contributed by atoms with E-state index in [-0.39, 0.29) is 17.4 Å². The fourth-order valence-electron chi connectivity index (χ4n) is 5.80. The van der Waals surface area contributed by atoms with E-state index in [9.17, 15) is 9.59 Å². The number of carbonyl (C=O) groups excluding carboxylic acids is 2. The first-order valence-corrected chi connectivity index (χ1v) is 10.8. The van der Waals surface area contributed by atoms with Crippen LogP contribution >= 0.6 is 0 Å². The van der Waals surface area contributed by atoms with Gasteiger partial charge < -0.3 is 15.2 Å². The van der Waals surface area contributed by atoms with Crippen molar-refractivity contribution in [2.24, 2.45) is 17.3 Å². The molecule has 1 unspecified atom stereocenters. The van der Waals surface area contributed by atoms with Gasteiger partial charge in [-0.05, 0) is 74.8 Å². The van der Waals surface area contributed by atoms with Crippen LogP contribution in [-0.2, 0) is 4.79 Å².